The van der Waals surface area contributed by atoms with Crippen LogP contribution in [0.4, 0.5) is 0 Å². The van der Waals surface area contributed by atoms with Crippen molar-refractivity contribution >= 4 is 13.7 Å². The summed E-state index contributed by atoms with van der Waals surface area (Å²) in [4.78, 5) is 21.4. The number of hydrogen-bond donors (Lipinski definition) is 3. The minimum Gasteiger partial charge on any atom is -0.387 e. The molecule has 3 N–H and O–H groups in total. The standard InChI is InChI=1S/C30H57N2O6P/c1-6-7-8-9-10-11-12-13-14-15-16-17-18-19-20-21-22-23-24-30(34)29(31-28(2)33)27-38-39(35,36)37-26-25-32(3,4)5/h15-16,19-20,23-24,29-30,34H,6-14,17-18,21-22,25-27H2,1-5H3,(H-,31,33,35,36)/p+1/b16-15+,20-19+,24-23+. The van der Waals surface area contributed by atoms with Crippen LogP contribution < -0.4 is 5.32 Å². The normalized spacial score (nSPS) is 15.8. The molecule has 0 aliphatic rings. The fraction of sp³-hybridized carbons (Fsp3) is 0.767. The third kappa shape index (κ3) is 26.7. The monoisotopic (exact) mass is 573 g/mol. The number of phosphoric acid groups is 1. The van der Waals surface area contributed by atoms with E-state index in [2.05, 4.69) is 36.5 Å². The molecule has 3 atom stereocenters. The van der Waals surface area contributed by atoms with E-state index in [1.807, 2.05) is 27.2 Å². The number of phosphoric ester groups is 1. The molecule has 0 aliphatic heterocycles. The summed E-state index contributed by atoms with van der Waals surface area (Å²) >= 11 is 0. The summed E-state index contributed by atoms with van der Waals surface area (Å²) in [5, 5.41) is 13.0. The molecule has 0 aromatic carbocycles. The van der Waals surface area contributed by atoms with Crippen LogP contribution in [0.3, 0.4) is 0 Å². The number of allylic oxidation sites excluding steroid dienone is 5. The van der Waals surface area contributed by atoms with Gasteiger partial charge in [-0.2, -0.15) is 0 Å². The zero-order valence-electron chi connectivity index (χ0n) is 25.4. The van der Waals surface area contributed by atoms with E-state index in [4.69, 9.17) is 9.05 Å². The number of carbonyl (C=O) groups excluding carboxylic acids is 1. The summed E-state index contributed by atoms with van der Waals surface area (Å²) in [5.41, 5.74) is 0. The van der Waals surface area contributed by atoms with E-state index in [-0.39, 0.29) is 19.1 Å². The quantitative estimate of drug-likeness (QED) is 0.0502. The van der Waals surface area contributed by atoms with Gasteiger partial charge in [0.1, 0.15) is 13.2 Å². The second kappa shape index (κ2) is 23.4. The van der Waals surface area contributed by atoms with E-state index in [1.165, 1.54) is 64.7 Å². The Bertz CT molecular complexity index is 748. The Morgan fingerprint density at radius 3 is 1.90 bits per heavy atom. The van der Waals surface area contributed by atoms with E-state index >= 15 is 0 Å². The molecule has 0 bridgehead atoms. The summed E-state index contributed by atoms with van der Waals surface area (Å²) < 4.78 is 22.7. The number of nitrogens with one attached hydrogen (secondary N) is 1. The molecule has 0 heterocycles. The molecule has 0 aromatic heterocycles. The van der Waals surface area contributed by atoms with Crippen molar-refractivity contribution in [2.24, 2.45) is 0 Å². The van der Waals surface area contributed by atoms with Crippen molar-refractivity contribution < 1.29 is 32.9 Å². The molecule has 3 unspecified atom stereocenters. The van der Waals surface area contributed by atoms with Gasteiger partial charge in [0.2, 0.25) is 5.91 Å². The highest BCUT2D eigenvalue weighted by Gasteiger charge is 2.27. The molecule has 0 rings (SSSR count). The minimum atomic E-state index is -4.29. The highest BCUT2D eigenvalue weighted by molar-refractivity contribution is 7.47. The predicted molar refractivity (Wildman–Crippen MR) is 161 cm³/mol. The molecule has 1 amide bonds. The molecular weight excluding hydrogens is 515 g/mol. The lowest BCUT2D eigenvalue weighted by Gasteiger charge is -2.25. The second-order valence-electron chi connectivity index (χ2n) is 11.2. The van der Waals surface area contributed by atoms with Crippen LogP contribution in [0.15, 0.2) is 36.5 Å². The number of carbonyl (C=O) groups is 1. The SMILES string of the molecule is CCCCCCCCCC/C=C/CC/C=C/CC/C=C/C(O)C(COP(=O)(O)OCC[N+](C)(C)C)NC(C)=O. The number of aliphatic hydroxyl groups is 1. The number of unbranched alkanes of at least 4 members (excludes halogenated alkanes) is 10. The van der Waals surface area contributed by atoms with Crippen molar-refractivity contribution in [2.75, 3.05) is 40.9 Å². The van der Waals surface area contributed by atoms with Gasteiger partial charge in [-0.05, 0) is 38.5 Å². The smallest absolute Gasteiger partial charge is 0.387 e. The number of likely N-dealkylation sites (N-methyl/N-ethyl adjacent to an activating group) is 1. The molecule has 0 radical (unpaired) electrons. The lowest BCUT2D eigenvalue weighted by Crippen LogP contribution is -2.44. The van der Waals surface area contributed by atoms with E-state index in [9.17, 15) is 19.4 Å². The maximum atomic E-state index is 12.1. The average molecular weight is 574 g/mol. The molecule has 0 saturated heterocycles. The number of nitrogens with zero attached hydrogens (tertiary/aromatic N) is 1. The molecular formula is C30H58N2O6P+. The third-order valence-corrected chi connectivity index (χ3v) is 7.11. The van der Waals surface area contributed by atoms with E-state index in [0.29, 0.717) is 11.0 Å². The maximum absolute atomic E-state index is 12.1. The Morgan fingerprint density at radius 1 is 0.846 bits per heavy atom. The van der Waals surface area contributed by atoms with Gasteiger partial charge >= 0.3 is 7.82 Å². The molecule has 39 heavy (non-hydrogen) atoms. The second-order valence-corrected chi connectivity index (χ2v) is 12.7. The largest absolute Gasteiger partial charge is 0.472 e. The average Bonchev–Trinajstić information content (AvgIpc) is 2.84. The fourth-order valence-electron chi connectivity index (χ4n) is 3.75. The maximum Gasteiger partial charge on any atom is 0.472 e. The van der Waals surface area contributed by atoms with Gasteiger partial charge in [0.25, 0.3) is 0 Å². The van der Waals surface area contributed by atoms with Gasteiger partial charge in [0.05, 0.1) is 39.9 Å². The summed E-state index contributed by atoms with van der Waals surface area (Å²) in [6.07, 6.45) is 26.9. The Kier molecular flexibility index (Phi) is 22.7. The van der Waals surface area contributed by atoms with Crippen molar-refractivity contribution in [3.8, 4) is 0 Å². The van der Waals surface area contributed by atoms with Crippen LogP contribution in [0.2, 0.25) is 0 Å². The first-order valence-corrected chi connectivity index (χ1v) is 16.3. The van der Waals surface area contributed by atoms with Gasteiger partial charge < -0.3 is 19.8 Å². The van der Waals surface area contributed by atoms with Crippen molar-refractivity contribution in [2.45, 2.75) is 109 Å². The van der Waals surface area contributed by atoms with Gasteiger partial charge in [0, 0.05) is 6.92 Å². The summed E-state index contributed by atoms with van der Waals surface area (Å²) in [7, 11) is 1.53. The zero-order valence-corrected chi connectivity index (χ0v) is 26.2. The van der Waals surface area contributed by atoms with Crippen LogP contribution in [-0.2, 0) is 18.4 Å². The Labute approximate surface area is 238 Å². The zero-order chi connectivity index (χ0) is 29.4. The molecule has 0 spiro atoms. The van der Waals surface area contributed by atoms with Gasteiger partial charge in [-0.1, -0.05) is 88.3 Å². The van der Waals surface area contributed by atoms with E-state index < -0.39 is 20.0 Å². The van der Waals surface area contributed by atoms with E-state index in [0.717, 1.165) is 25.7 Å². The van der Waals surface area contributed by atoms with E-state index in [1.54, 1.807) is 6.08 Å². The van der Waals surface area contributed by atoms with Crippen LogP contribution >= 0.6 is 7.82 Å². The highest BCUT2D eigenvalue weighted by Crippen LogP contribution is 2.43. The number of hydrogen-bond acceptors (Lipinski definition) is 5. The lowest BCUT2D eigenvalue weighted by atomic mass is 10.1. The van der Waals surface area contributed by atoms with Crippen molar-refractivity contribution in [3.63, 3.8) is 0 Å². The molecule has 228 valence electrons. The fourth-order valence-corrected chi connectivity index (χ4v) is 4.49. The Morgan fingerprint density at radius 2 is 1.36 bits per heavy atom. The first kappa shape index (κ1) is 37.7. The molecule has 8 nitrogen and oxygen atoms in total. The topological polar surface area (TPSA) is 105 Å². The predicted octanol–water partition coefficient (Wildman–Crippen LogP) is 6.45. The van der Waals surface area contributed by atoms with Crippen LogP contribution in [0.1, 0.15) is 97.3 Å². The van der Waals surface area contributed by atoms with Crippen LogP contribution in [0, 0.1) is 0 Å². The minimum absolute atomic E-state index is 0.0493. The van der Waals surface area contributed by atoms with Gasteiger partial charge in [0.15, 0.2) is 0 Å². The number of rotatable bonds is 25. The number of amides is 1. The van der Waals surface area contributed by atoms with Crippen LogP contribution in [0.25, 0.3) is 0 Å². The first-order chi connectivity index (χ1) is 18.5. The molecule has 0 saturated carbocycles. The molecule has 0 fully saturated rings. The van der Waals surface area contributed by atoms with Crippen molar-refractivity contribution in [1.82, 2.24) is 5.32 Å². The third-order valence-electron chi connectivity index (χ3n) is 6.13. The summed E-state index contributed by atoms with van der Waals surface area (Å²) in [6.45, 7) is 3.80. The number of aliphatic hydroxyl groups excluding tert-OH is 1. The van der Waals surface area contributed by atoms with Crippen LogP contribution in [-0.4, -0.2) is 73.4 Å². The lowest BCUT2D eigenvalue weighted by molar-refractivity contribution is -0.870. The molecule has 9 heteroatoms. The molecule has 0 aromatic rings. The summed E-state index contributed by atoms with van der Waals surface area (Å²) in [6, 6.07) is -0.866. The number of quaternary nitrogens is 1. The van der Waals surface area contributed by atoms with Crippen LogP contribution in [0.5, 0.6) is 0 Å². The van der Waals surface area contributed by atoms with Gasteiger partial charge in [-0.25, -0.2) is 4.57 Å². The summed E-state index contributed by atoms with van der Waals surface area (Å²) in [5.74, 6) is -0.371. The van der Waals surface area contributed by atoms with Gasteiger partial charge in [-0.3, -0.25) is 13.8 Å². The highest BCUT2D eigenvalue weighted by atomic mass is 31.2. The Hall–Kier alpha value is -1.28. The van der Waals surface area contributed by atoms with Crippen molar-refractivity contribution in [3.05, 3.63) is 36.5 Å². The molecule has 0 aliphatic carbocycles. The Balaban J connectivity index is 4.12. The first-order valence-electron chi connectivity index (χ1n) is 14.8. The van der Waals surface area contributed by atoms with Crippen molar-refractivity contribution in [1.29, 1.82) is 0 Å². The van der Waals surface area contributed by atoms with Gasteiger partial charge in [-0.15, -0.1) is 0 Å².